The van der Waals surface area contributed by atoms with Crippen molar-refractivity contribution >= 4 is 11.6 Å². The van der Waals surface area contributed by atoms with Gasteiger partial charge >= 0.3 is 0 Å². The van der Waals surface area contributed by atoms with Crippen LogP contribution in [0.25, 0.3) is 11.5 Å². The van der Waals surface area contributed by atoms with Gasteiger partial charge in [-0.3, -0.25) is 9.59 Å². The van der Waals surface area contributed by atoms with Crippen LogP contribution in [0.3, 0.4) is 0 Å². The number of hydrogen-bond acceptors (Lipinski definition) is 5. The third kappa shape index (κ3) is 4.00. The maximum Gasteiger partial charge on any atom is 0.259 e. The van der Waals surface area contributed by atoms with Crippen molar-refractivity contribution in [2.24, 2.45) is 0 Å². The second kappa shape index (κ2) is 7.12. The first-order valence-electron chi connectivity index (χ1n) is 7.92. The highest BCUT2D eigenvalue weighted by molar-refractivity contribution is 5.90. The van der Waals surface area contributed by atoms with E-state index in [-0.39, 0.29) is 23.9 Å². The number of hydrogen-bond donors (Lipinski definition) is 1. The Morgan fingerprint density at radius 3 is 2.64 bits per heavy atom. The predicted octanol–water partition coefficient (Wildman–Crippen LogP) is 2.66. The number of anilines is 1. The van der Waals surface area contributed by atoms with Gasteiger partial charge in [-0.25, -0.2) is 0 Å². The molecule has 1 N–H and O–H groups in total. The number of benzene rings is 1. The van der Waals surface area contributed by atoms with Crippen LogP contribution in [-0.2, 0) is 11.3 Å². The Morgan fingerprint density at radius 2 is 1.96 bits per heavy atom. The monoisotopic (exact) mass is 338 g/mol. The first-order valence-corrected chi connectivity index (χ1v) is 7.92. The van der Waals surface area contributed by atoms with Gasteiger partial charge in [0.2, 0.25) is 5.91 Å². The van der Waals surface area contributed by atoms with Gasteiger partial charge in [0.25, 0.3) is 11.4 Å². The van der Waals surface area contributed by atoms with E-state index in [1.807, 2.05) is 32.0 Å². The Bertz CT molecular complexity index is 929. The van der Waals surface area contributed by atoms with Crippen molar-refractivity contribution in [3.63, 3.8) is 0 Å². The Kier molecular flexibility index (Phi) is 4.74. The van der Waals surface area contributed by atoms with Crippen molar-refractivity contribution in [2.75, 3.05) is 5.32 Å². The number of aromatic nitrogens is 3. The average Bonchev–Trinajstić information content (AvgIpc) is 3.08. The zero-order valence-electron chi connectivity index (χ0n) is 14.0. The molecule has 2 heterocycles. The Morgan fingerprint density at radius 1 is 1.20 bits per heavy atom. The molecule has 7 heteroatoms. The summed E-state index contributed by atoms with van der Waals surface area (Å²) in [5.74, 6) is 0.759. The smallest absolute Gasteiger partial charge is 0.259 e. The first kappa shape index (κ1) is 16.6. The molecule has 0 atom stereocenters. The highest BCUT2D eigenvalue weighted by Crippen LogP contribution is 2.18. The number of para-hydroxylation sites is 1. The molecule has 128 valence electrons. The highest BCUT2D eigenvalue weighted by Gasteiger charge is 2.13. The van der Waals surface area contributed by atoms with E-state index in [0.717, 1.165) is 0 Å². The SMILES string of the molecule is CC(C)c1noc(-c2ccc(=O)n(CC(=O)Nc3ccccc3)c2)n1. The topological polar surface area (TPSA) is 90.0 Å². The summed E-state index contributed by atoms with van der Waals surface area (Å²) in [7, 11) is 0. The minimum atomic E-state index is -0.293. The summed E-state index contributed by atoms with van der Waals surface area (Å²) in [5.41, 5.74) is 0.984. The molecule has 0 fully saturated rings. The molecule has 3 rings (SSSR count). The molecular formula is C18H18N4O3. The zero-order valence-corrected chi connectivity index (χ0v) is 14.0. The second-order valence-electron chi connectivity index (χ2n) is 5.91. The van der Waals surface area contributed by atoms with Crippen LogP contribution in [0.15, 0.2) is 58.0 Å². The predicted molar refractivity (Wildman–Crippen MR) is 93.2 cm³/mol. The molecule has 0 aliphatic rings. The minimum Gasteiger partial charge on any atom is -0.334 e. The van der Waals surface area contributed by atoms with Crippen LogP contribution in [0.1, 0.15) is 25.6 Å². The molecule has 25 heavy (non-hydrogen) atoms. The molecular weight excluding hydrogens is 320 g/mol. The van der Waals surface area contributed by atoms with Gasteiger partial charge in [0.15, 0.2) is 5.82 Å². The summed E-state index contributed by atoms with van der Waals surface area (Å²) in [6.45, 7) is 3.82. The number of nitrogens with zero attached hydrogens (tertiary/aromatic N) is 3. The lowest BCUT2D eigenvalue weighted by Gasteiger charge is -2.08. The molecule has 0 saturated heterocycles. The van der Waals surface area contributed by atoms with E-state index in [1.54, 1.807) is 24.4 Å². The molecule has 2 aromatic heterocycles. The largest absolute Gasteiger partial charge is 0.334 e. The van der Waals surface area contributed by atoms with Crippen LogP contribution in [0.5, 0.6) is 0 Å². The molecule has 1 aromatic carbocycles. The number of rotatable bonds is 5. The van der Waals surface area contributed by atoms with Crippen LogP contribution in [0.4, 0.5) is 5.69 Å². The number of pyridine rings is 1. The molecule has 3 aromatic rings. The van der Waals surface area contributed by atoms with Gasteiger partial charge in [-0.2, -0.15) is 4.98 Å². The summed E-state index contributed by atoms with van der Waals surface area (Å²) < 4.78 is 6.54. The molecule has 7 nitrogen and oxygen atoms in total. The Balaban J connectivity index is 1.79. The second-order valence-corrected chi connectivity index (χ2v) is 5.91. The van der Waals surface area contributed by atoms with Crippen molar-refractivity contribution in [3.05, 3.63) is 64.8 Å². The van der Waals surface area contributed by atoms with Gasteiger partial charge in [0.1, 0.15) is 6.54 Å². The lowest BCUT2D eigenvalue weighted by molar-refractivity contribution is -0.116. The lowest BCUT2D eigenvalue weighted by Crippen LogP contribution is -2.26. The van der Waals surface area contributed by atoms with Crippen LogP contribution in [-0.4, -0.2) is 20.6 Å². The van der Waals surface area contributed by atoms with Gasteiger partial charge in [-0.1, -0.05) is 37.2 Å². The number of carbonyl (C=O) groups excluding carboxylic acids is 1. The number of amides is 1. The first-order chi connectivity index (χ1) is 12.0. The molecule has 0 bridgehead atoms. The fourth-order valence-electron chi connectivity index (χ4n) is 2.24. The molecule has 0 spiro atoms. The fourth-order valence-corrected chi connectivity index (χ4v) is 2.24. The van der Waals surface area contributed by atoms with Crippen LogP contribution >= 0.6 is 0 Å². The van der Waals surface area contributed by atoms with Gasteiger partial charge in [0, 0.05) is 23.9 Å². The molecule has 1 amide bonds. The van der Waals surface area contributed by atoms with Crippen LogP contribution < -0.4 is 10.9 Å². The van der Waals surface area contributed by atoms with Crippen molar-refractivity contribution < 1.29 is 9.32 Å². The Hall–Kier alpha value is -3.22. The average molecular weight is 338 g/mol. The fraction of sp³-hybridized carbons (Fsp3) is 0.222. The summed E-state index contributed by atoms with van der Waals surface area (Å²) >= 11 is 0. The van der Waals surface area contributed by atoms with Crippen molar-refractivity contribution in [1.29, 1.82) is 0 Å². The van der Waals surface area contributed by atoms with Gasteiger partial charge in [-0.15, -0.1) is 0 Å². The Labute approximate surface area is 144 Å². The van der Waals surface area contributed by atoms with E-state index < -0.39 is 0 Å². The number of carbonyl (C=O) groups is 1. The zero-order chi connectivity index (χ0) is 17.8. The van der Waals surface area contributed by atoms with E-state index >= 15 is 0 Å². The van der Waals surface area contributed by atoms with E-state index in [9.17, 15) is 9.59 Å². The van der Waals surface area contributed by atoms with Gasteiger partial charge in [0.05, 0.1) is 5.56 Å². The summed E-state index contributed by atoms with van der Waals surface area (Å²) in [6.07, 6.45) is 1.55. The minimum absolute atomic E-state index is 0.104. The van der Waals surface area contributed by atoms with Crippen molar-refractivity contribution in [2.45, 2.75) is 26.3 Å². The maximum absolute atomic E-state index is 12.2. The normalized spacial score (nSPS) is 10.8. The molecule has 0 aliphatic heterocycles. The number of nitrogens with one attached hydrogen (secondary N) is 1. The lowest BCUT2D eigenvalue weighted by atomic mass is 10.2. The molecule has 0 unspecified atom stereocenters. The molecule has 0 saturated carbocycles. The summed E-state index contributed by atoms with van der Waals surface area (Å²) in [6, 6.07) is 12.1. The quantitative estimate of drug-likeness (QED) is 0.772. The van der Waals surface area contributed by atoms with Crippen LogP contribution in [0.2, 0.25) is 0 Å². The van der Waals surface area contributed by atoms with Crippen molar-refractivity contribution in [3.8, 4) is 11.5 Å². The molecule has 0 aliphatic carbocycles. The standard InChI is InChI=1S/C18H18N4O3/c1-12(2)17-20-18(25-21-17)13-8-9-16(24)22(10-13)11-15(23)19-14-6-4-3-5-7-14/h3-10,12H,11H2,1-2H3,(H,19,23). The highest BCUT2D eigenvalue weighted by atomic mass is 16.5. The molecule has 0 radical (unpaired) electrons. The van der Waals surface area contributed by atoms with Gasteiger partial charge in [-0.05, 0) is 18.2 Å². The van der Waals surface area contributed by atoms with E-state index in [1.165, 1.54) is 10.6 Å². The van der Waals surface area contributed by atoms with Crippen molar-refractivity contribution in [1.82, 2.24) is 14.7 Å². The summed E-state index contributed by atoms with van der Waals surface area (Å²) in [4.78, 5) is 28.5. The van der Waals surface area contributed by atoms with E-state index in [2.05, 4.69) is 15.5 Å². The van der Waals surface area contributed by atoms with E-state index in [4.69, 9.17) is 4.52 Å². The van der Waals surface area contributed by atoms with Crippen LogP contribution in [0, 0.1) is 0 Å². The van der Waals surface area contributed by atoms with E-state index in [0.29, 0.717) is 23.0 Å². The third-order valence-electron chi connectivity index (χ3n) is 3.56. The van der Waals surface area contributed by atoms with Gasteiger partial charge < -0.3 is 14.4 Å². The maximum atomic E-state index is 12.2. The third-order valence-corrected chi connectivity index (χ3v) is 3.56. The summed E-state index contributed by atoms with van der Waals surface area (Å²) in [5, 5.41) is 6.65.